The molecule has 0 amide bonds. The maximum Gasteiger partial charge on any atom is 0.186 e. The molecule has 1 aromatic rings. The van der Waals surface area contributed by atoms with Gasteiger partial charge in [0.25, 0.3) is 0 Å². The first kappa shape index (κ1) is 14.9. The van der Waals surface area contributed by atoms with Gasteiger partial charge in [-0.25, -0.2) is 0 Å². The summed E-state index contributed by atoms with van der Waals surface area (Å²) in [6.45, 7) is 0.358. The molecule has 2 saturated heterocycles. The second-order valence-electron chi connectivity index (χ2n) is 5.15. The van der Waals surface area contributed by atoms with Gasteiger partial charge in [0.05, 0.1) is 6.61 Å². The van der Waals surface area contributed by atoms with Gasteiger partial charge in [-0.1, -0.05) is 30.3 Å². The van der Waals surface area contributed by atoms with Crippen molar-refractivity contribution >= 4 is 0 Å². The van der Waals surface area contributed by atoms with Crippen molar-refractivity contribution in [2.75, 3.05) is 20.8 Å². The summed E-state index contributed by atoms with van der Waals surface area (Å²) in [4.78, 5) is 0. The lowest BCUT2D eigenvalue weighted by Crippen LogP contribution is -2.62. The zero-order chi connectivity index (χ0) is 14.8. The highest BCUT2D eigenvalue weighted by Gasteiger charge is 2.49. The number of rotatable bonds is 3. The molecule has 1 aromatic carbocycles. The molecule has 0 aromatic heterocycles. The highest BCUT2D eigenvalue weighted by atomic mass is 16.8. The number of aliphatic hydroxyl groups excluding tert-OH is 1. The van der Waals surface area contributed by atoms with E-state index in [9.17, 15) is 5.11 Å². The molecule has 1 N–H and O–H groups in total. The zero-order valence-electron chi connectivity index (χ0n) is 12.0. The van der Waals surface area contributed by atoms with Crippen LogP contribution < -0.4 is 0 Å². The summed E-state index contributed by atoms with van der Waals surface area (Å²) in [6, 6.07) is 9.66. The van der Waals surface area contributed by atoms with Crippen molar-refractivity contribution in [2.24, 2.45) is 0 Å². The van der Waals surface area contributed by atoms with E-state index in [1.165, 1.54) is 7.11 Å². The van der Waals surface area contributed by atoms with E-state index in [0.29, 0.717) is 6.61 Å². The Morgan fingerprint density at radius 1 is 1.10 bits per heavy atom. The summed E-state index contributed by atoms with van der Waals surface area (Å²) in [5.41, 5.74) is 0.925. The van der Waals surface area contributed by atoms with Crippen LogP contribution in [0, 0.1) is 0 Å². The third kappa shape index (κ3) is 2.83. The SMILES string of the molecule is CO[C@H]1O[C@@H]2CO[C@H](c3ccccc3)O[C@H]2[C@H](OC)[C@@H]1O. The fraction of sp³-hybridized carbons (Fsp3) is 0.600. The maximum absolute atomic E-state index is 10.2. The highest BCUT2D eigenvalue weighted by Crippen LogP contribution is 2.35. The van der Waals surface area contributed by atoms with E-state index in [1.54, 1.807) is 7.11 Å². The van der Waals surface area contributed by atoms with Crippen molar-refractivity contribution in [3.05, 3.63) is 35.9 Å². The predicted octanol–water partition coefficient (Wildman–Crippen LogP) is 0.848. The van der Waals surface area contributed by atoms with E-state index < -0.39 is 30.9 Å². The van der Waals surface area contributed by atoms with Crippen molar-refractivity contribution in [1.29, 1.82) is 0 Å². The number of benzene rings is 1. The minimum absolute atomic E-state index is 0.330. The summed E-state index contributed by atoms with van der Waals surface area (Å²) < 4.78 is 27.9. The molecular weight excluding hydrogens is 276 g/mol. The molecule has 2 aliphatic heterocycles. The number of aliphatic hydroxyl groups is 1. The Morgan fingerprint density at radius 3 is 2.52 bits per heavy atom. The van der Waals surface area contributed by atoms with E-state index in [-0.39, 0.29) is 6.10 Å². The first-order valence-corrected chi connectivity index (χ1v) is 6.95. The zero-order valence-corrected chi connectivity index (χ0v) is 12.0. The van der Waals surface area contributed by atoms with E-state index in [1.807, 2.05) is 30.3 Å². The van der Waals surface area contributed by atoms with Gasteiger partial charge >= 0.3 is 0 Å². The third-order valence-corrected chi connectivity index (χ3v) is 3.88. The number of hydrogen-bond acceptors (Lipinski definition) is 6. The topological polar surface area (TPSA) is 66.4 Å². The van der Waals surface area contributed by atoms with Crippen molar-refractivity contribution in [3.63, 3.8) is 0 Å². The molecule has 21 heavy (non-hydrogen) atoms. The Kier molecular flexibility index (Phi) is 4.54. The standard InChI is InChI=1S/C15H20O6/c1-17-13-11(16)15(18-2)20-10-8-19-14(21-12(10)13)9-6-4-3-5-7-9/h3-7,10-16H,8H2,1-2H3/t10-,11+,12-,13-,14+,15+/m1/s1. The second kappa shape index (κ2) is 6.39. The molecule has 0 saturated carbocycles. The minimum atomic E-state index is -0.907. The lowest BCUT2D eigenvalue weighted by Gasteiger charge is -2.47. The minimum Gasteiger partial charge on any atom is -0.385 e. The van der Waals surface area contributed by atoms with Gasteiger partial charge in [-0.3, -0.25) is 0 Å². The van der Waals surface area contributed by atoms with Gasteiger partial charge in [0.1, 0.15) is 24.4 Å². The highest BCUT2D eigenvalue weighted by molar-refractivity contribution is 5.16. The van der Waals surface area contributed by atoms with Gasteiger partial charge in [0, 0.05) is 19.8 Å². The Morgan fingerprint density at radius 2 is 1.86 bits per heavy atom. The molecule has 6 atom stereocenters. The quantitative estimate of drug-likeness (QED) is 0.892. The first-order chi connectivity index (χ1) is 10.2. The predicted molar refractivity (Wildman–Crippen MR) is 72.5 cm³/mol. The van der Waals surface area contributed by atoms with Crippen molar-refractivity contribution in [3.8, 4) is 0 Å². The molecule has 0 unspecified atom stereocenters. The number of hydrogen-bond donors (Lipinski definition) is 1. The lowest BCUT2D eigenvalue weighted by atomic mass is 9.97. The van der Waals surface area contributed by atoms with Crippen LogP contribution in [0.1, 0.15) is 11.9 Å². The molecule has 0 radical (unpaired) electrons. The van der Waals surface area contributed by atoms with E-state index in [4.69, 9.17) is 23.7 Å². The normalized spacial score (nSPS) is 39.8. The van der Waals surface area contributed by atoms with Crippen molar-refractivity contribution in [2.45, 2.75) is 37.0 Å². The van der Waals surface area contributed by atoms with Crippen LogP contribution in [0.25, 0.3) is 0 Å². The Labute approximate surface area is 123 Å². The van der Waals surface area contributed by atoms with Gasteiger partial charge in [-0.15, -0.1) is 0 Å². The maximum atomic E-state index is 10.2. The van der Waals surface area contributed by atoms with Gasteiger partial charge in [0.2, 0.25) is 0 Å². The average molecular weight is 296 g/mol. The Hall–Kier alpha value is -1.02. The van der Waals surface area contributed by atoms with Crippen molar-refractivity contribution < 1.29 is 28.8 Å². The van der Waals surface area contributed by atoms with Crippen LogP contribution in [-0.2, 0) is 23.7 Å². The number of ether oxygens (including phenoxy) is 5. The van der Waals surface area contributed by atoms with Gasteiger partial charge in [-0.05, 0) is 0 Å². The first-order valence-electron chi connectivity index (χ1n) is 6.95. The van der Waals surface area contributed by atoms with Crippen LogP contribution >= 0.6 is 0 Å². The molecule has 0 bridgehead atoms. The summed E-state index contributed by atoms with van der Waals surface area (Å²) in [5, 5.41) is 10.2. The number of methoxy groups -OCH3 is 2. The van der Waals surface area contributed by atoms with E-state index in [2.05, 4.69) is 0 Å². The Bertz CT molecular complexity index is 453. The molecular formula is C15H20O6. The number of fused-ring (bicyclic) bond motifs is 1. The molecule has 0 spiro atoms. The molecule has 116 valence electrons. The monoisotopic (exact) mass is 296 g/mol. The van der Waals surface area contributed by atoms with Crippen LogP contribution in [0.3, 0.4) is 0 Å². The second-order valence-corrected chi connectivity index (χ2v) is 5.15. The summed E-state index contributed by atoms with van der Waals surface area (Å²) >= 11 is 0. The molecule has 2 heterocycles. The van der Waals surface area contributed by atoms with Crippen LogP contribution in [0.4, 0.5) is 0 Å². The van der Waals surface area contributed by atoms with Crippen LogP contribution in [0.2, 0.25) is 0 Å². The molecule has 2 fully saturated rings. The van der Waals surface area contributed by atoms with Crippen LogP contribution in [-0.4, -0.2) is 56.6 Å². The van der Waals surface area contributed by atoms with Gasteiger partial charge in [0.15, 0.2) is 12.6 Å². The van der Waals surface area contributed by atoms with Crippen LogP contribution in [0.15, 0.2) is 30.3 Å². The smallest absolute Gasteiger partial charge is 0.186 e. The lowest BCUT2D eigenvalue weighted by molar-refractivity contribution is -0.360. The van der Waals surface area contributed by atoms with E-state index in [0.717, 1.165) is 5.56 Å². The van der Waals surface area contributed by atoms with Gasteiger partial charge in [-0.2, -0.15) is 0 Å². The largest absolute Gasteiger partial charge is 0.385 e. The summed E-state index contributed by atoms with van der Waals surface area (Å²) in [7, 11) is 3.03. The fourth-order valence-corrected chi connectivity index (χ4v) is 2.81. The molecule has 3 rings (SSSR count). The summed E-state index contributed by atoms with van der Waals surface area (Å²) in [6.07, 6.45) is -3.39. The fourth-order valence-electron chi connectivity index (χ4n) is 2.81. The Balaban J connectivity index is 1.77. The summed E-state index contributed by atoms with van der Waals surface area (Å²) in [5.74, 6) is 0. The van der Waals surface area contributed by atoms with E-state index >= 15 is 0 Å². The average Bonchev–Trinajstić information content (AvgIpc) is 2.54. The van der Waals surface area contributed by atoms with Gasteiger partial charge < -0.3 is 28.8 Å². The molecule has 0 aliphatic carbocycles. The van der Waals surface area contributed by atoms with Crippen LogP contribution in [0.5, 0.6) is 0 Å². The third-order valence-electron chi connectivity index (χ3n) is 3.88. The molecule has 6 nitrogen and oxygen atoms in total. The van der Waals surface area contributed by atoms with Crippen molar-refractivity contribution in [1.82, 2.24) is 0 Å². The molecule has 6 heteroatoms. The molecule has 2 aliphatic rings.